The van der Waals surface area contributed by atoms with Crippen LogP contribution in [0, 0.1) is 0 Å². The van der Waals surface area contributed by atoms with E-state index in [9.17, 15) is 0 Å². The minimum absolute atomic E-state index is 0. The number of rotatable bonds is 4. The molecule has 0 amide bonds. The Balaban J connectivity index is 0.00000128. The van der Waals surface area contributed by atoms with Gasteiger partial charge in [-0.1, -0.05) is 0 Å². The van der Waals surface area contributed by atoms with Crippen molar-refractivity contribution in [1.29, 1.82) is 0 Å². The Labute approximate surface area is 211 Å². The summed E-state index contributed by atoms with van der Waals surface area (Å²) in [6.07, 6.45) is 9.84. The van der Waals surface area contributed by atoms with Gasteiger partial charge in [0.1, 0.15) is 11.6 Å². The number of nitrogens with zero attached hydrogens (tertiary/aromatic N) is 4. The number of halogens is 3. The quantitative estimate of drug-likeness (QED) is 0.405. The van der Waals surface area contributed by atoms with Crippen LogP contribution in [-0.2, 0) is 0 Å². The highest BCUT2D eigenvalue weighted by atomic mass is 35.5. The first-order chi connectivity index (χ1) is 14.7. The second kappa shape index (κ2) is 11.5. The number of aromatic nitrogens is 4. The molecule has 1 aliphatic heterocycles. The SMILES string of the molecule is COc1ccc2cnc(-c3cc(-c4cnn(C5CCNCC5)c4)cnc3N)cc2c1.Cl.Cl.Cl. The normalized spacial score (nSPS) is 13.5. The second-order valence-corrected chi connectivity index (χ2v) is 7.63. The van der Waals surface area contributed by atoms with Crippen LogP contribution < -0.4 is 15.8 Å². The van der Waals surface area contributed by atoms with E-state index < -0.39 is 0 Å². The summed E-state index contributed by atoms with van der Waals surface area (Å²) >= 11 is 0. The highest BCUT2D eigenvalue weighted by Gasteiger charge is 2.17. The highest BCUT2D eigenvalue weighted by Crippen LogP contribution is 2.31. The van der Waals surface area contributed by atoms with Gasteiger partial charge in [0.05, 0.1) is 25.0 Å². The van der Waals surface area contributed by atoms with Crippen molar-refractivity contribution in [1.82, 2.24) is 25.1 Å². The second-order valence-electron chi connectivity index (χ2n) is 7.63. The number of pyridine rings is 2. The van der Waals surface area contributed by atoms with Gasteiger partial charge in [0.25, 0.3) is 0 Å². The van der Waals surface area contributed by atoms with Crippen molar-refractivity contribution in [3.05, 3.63) is 55.1 Å². The number of methoxy groups -OCH3 is 1. The van der Waals surface area contributed by atoms with Crippen molar-refractivity contribution in [2.45, 2.75) is 18.9 Å². The molecule has 176 valence electrons. The molecule has 10 heteroatoms. The van der Waals surface area contributed by atoms with Crippen molar-refractivity contribution >= 4 is 53.8 Å². The lowest BCUT2D eigenvalue weighted by Gasteiger charge is -2.22. The maximum Gasteiger partial charge on any atom is 0.132 e. The lowest BCUT2D eigenvalue weighted by Crippen LogP contribution is -2.29. The summed E-state index contributed by atoms with van der Waals surface area (Å²) in [6, 6.07) is 10.4. The van der Waals surface area contributed by atoms with Crippen LogP contribution in [0.5, 0.6) is 5.75 Å². The molecule has 1 aromatic carbocycles. The number of fused-ring (bicyclic) bond motifs is 1. The van der Waals surface area contributed by atoms with Gasteiger partial charge in [0, 0.05) is 40.7 Å². The molecule has 5 rings (SSSR count). The molecule has 0 bridgehead atoms. The first-order valence-corrected chi connectivity index (χ1v) is 10.2. The predicted octanol–water partition coefficient (Wildman–Crippen LogP) is 4.94. The van der Waals surface area contributed by atoms with E-state index in [2.05, 4.69) is 31.3 Å². The van der Waals surface area contributed by atoms with Gasteiger partial charge in [0.15, 0.2) is 0 Å². The van der Waals surface area contributed by atoms with E-state index in [-0.39, 0.29) is 37.2 Å². The first kappa shape index (κ1) is 26.7. The predicted molar refractivity (Wildman–Crippen MR) is 140 cm³/mol. The van der Waals surface area contributed by atoms with E-state index in [1.165, 1.54) is 0 Å². The zero-order valence-electron chi connectivity index (χ0n) is 18.1. The molecular weight excluding hydrogens is 483 g/mol. The molecule has 33 heavy (non-hydrogen) atoms. The average Bonchev–Trinajstić information content (AvgIpc) is 3.29. The maximum atomic E-state index is 6.22. The molecule has 0 aliphatic carbocycles. The fraction of sp³-hybridized carbons (Fsp3) is 0.261. The molecular formula is C23H27Cl3N6O. The molecule has 3 N–H and O–H groups in total. The molecule has 0 unspecified atom stereocenters. The Morgan fingerprint density at radius 3 is 2.48 bits per heavy atom. The highest BCUT2D eigenvalue weighted by molar-refractivity contribution is 5.88. The molecule has 4 aromatic rings. The zero-order valence-corrected chi connectivity index (χ0v) is 20.6. The third kappa shape index (κ3) is 5.50. The summed E-state index contributed by atoms with van der Waals surface area (Å²) < 4.78 is 7.43. The fourth-order valence-electron chi connectivity index (χ4n) is 3.99. The fourth-order valence-corrected chi connectivity index (χ4v) is 3.99. The third-order valence-corrected chi connectivity index (χ3v) is 5.74. The smallest absolute Gasteiger partial charge is 0.132 e. The molecule has 1 fully saturated rings. The molecule has 1 aliphatic rings. The number of piperidine rings is 1. The summed E-state index contributed by atoms with van der Waals surface area (Å²) in [5.74, 6) is 1.27. The van der Waals surface area contributed by atoms with Crippen molar-refractivity contribution in [2.75, 3.05) is 25.9 Å². The lowest BCUT2D eigenvalue weighted by atomic mass is 10.0. The van der Waals surface area contributed by atoms with Crippen LogP contribution in [0.1, 0.15) is 18.9 Å². The van der Waals surface area contributed by atoms with E-state index in [0.717, 1.165) is 64.8 Å². The Bertz CT molecular complexity index is 1210. The van der Waals surface area contributed by atoms with Crippen LogP contribution in [0.15, 0.2) is 55.1 Å². The average molecular weight is 510 g/mol. The summed E-state index contributed by atoms with van der Waals surface area (Å²) in [6.45, 7) is 2.07. The van der Waals surface area contributed by atoms with Gasteiger partial charge in [-0.25, -0.2) is 4.98 Å². The monoisotopic (exact) mass is 508 g/mol. The van der Waals surface area contributed by atoms with Crippen molar-refractivity contribution in [2.24, 2.45) is 0 Å². The third-order valence-electron chi connectivity index (χ3n) is 5.74. The maximum absolute atomic E-state index is 6.22. The van der Waals surface area contributed by atoms with E-state index in [4.69, 9.17) is 10.5 Å². The number of benzene rings is 1. The first-order valence-electron chi connectivity index (χ1n) is 10.2. The Kier molecular flexibility index (Phi) is 9.31. The number of nitrogens with one attached hydrogen (secondary N) is 1. The summed E-state index contributed by atoms with van der Waals surface area (Å²) in [4.78, 5) is 9.05. The lowest BCUT2D eigenvalue weighted by molar-refractivity contribution is 0.343. The Morgan fingerprint density at radius 2 is 1.73 bits per heavy atom. The van der Waals surface area contributed by atoms with Gasteiger partial charge in [-0.3, -0.25) is 9.67 Å². The topological polar surface area (TPSA) is 90.9 Å². The molecule has 1 saturated heterocycles. The van der Waals surface area contributed by atoms with Crippen LogP contribution >= 0.6 is 37.2 Å². The zero-order chi connectivity index (χ0) is 20.5. The number of nitrogen functional groups attached to an aromatic ring is 1. The Morgan fingerprint density at radius 1 is 0.939 bits per heavy atom. The van der Waals surface area contributed by atoms with Crippen LogP contribution in [0.3, 0.4) is 0 Å². The molecule has 0 atom stereocenters. The number of ether oxygens (including phenoxy) is 1. The summed E-state index contributed by atoms with van der Waals surface area (Å²) in [5.41, 5.74) is 9.83. The molecule has 3 aromatic heterocycles. The molecule has 0 saturated carbocycles. The molecule has 7 nitrogen and oxygen atoms in total. The van der Waals surface area contributed by atoms with Gasteiger partial charge in [-0.2, -0.15) is 5.10 Å². The van der Waals surface area contributed by atoms with Crippen LogP contribution in [0.4, 0.5) is 5.82 Å². The van der Waals surface area contributed by atoms with E-state index >= 15 is 0 Å². The van der Waals surface area contributed by atoms with E-state index in [1.54, 1.807) is 13.3 Å². The minimum atomic E-state index is 0. The number of hydrogen-bond donors (Lipinski definition) is 2. The number of hydrogen-bond acceptors (Lipinski definition) is 6. The standard InChI is InChI=1S/C23H24N6O.3ClH/c1-30-20-3-2-15-11-26-22(10-16(15)8-20)21-9-17(12-27-23(21)24)18-13-28-29(14-18)19-4-6-25-7-5-19;;;/h2-3,8-14,19,25H,4-7H2,1H3,(H2,24,27);3*1H. The van der Waals surface area contributed by atoms with Gasteiger partial charge in [-0.15, -0.1) is 37.2 Å². The molecule has 0 spiro atoms. The van der Waals surface area contributed by atoms with Crippen molar-refractivity contribution < 1.29 is 4.74 Å². The molecule has 0 radical (unpaired) electrons. The molecule has 4 heterocycles. The van der Waals surface area contributed by atoms with Crippen molar-refractivity contribution in [3.63, 3.8) is 0 Å². The largest absolute Gasteiger partial charge is 0.497 e. The van der Waals surface area contributed by atoms with Crippen LogP contribution in [-0.4, -0.2) is 39.9 Å². The van der Waals surface area contributed by atoms with Crippen molar-refractivity contribution in [3.8, 4) is 28.1 Å². The van der Waals surface area contributed by atoms with E-state index in [1.807, 2.05) is 42.7 Å². The van der Waals surface area contributed by atoms with Gasteiger partial charge in [0.2, 0.25) is 0 Å². The van der Waals surface area contributed by atoms with Crippen LogP contribution in [0.2, 0.25) is 0 Å². The Hall–Kier alpha value is -2.58. The summed E-state index contributed by atoms with van der Waals surface area (Å²) in [7, 11) is 1.67. The van der Waals surface area contributed by atoms with Crippen LogP contribution in [0.25, 0.3) is 33.2 Å². The van der Waals surface area contributed by atoms with Gasteiger partial charge >= 0.3 is 0 Å². The number of nitrogens with two attached hydrogens (primary N) is 1. The minimum Gasteiger partial charge on any atom is -0.497 e. The van der Waals surface area contributed by atoms with Gasteiger partial charge in [-0.05, 0) is 61.6 Å². The van der Waals surface area contributed by atoms with Gasteiger partial charge < -0.3 is 15.8 Å². The number of anilines is 1. The van der Waals surface area contributed by atoms with E-state index in [0.29, 0.717) is 11.9 Å². The summed E-state index contributed by atoms with van der Waals surface area (Å²) in [5, 5.41) is 10.1.